The Labute approximate surface area is 174 Å². The van der Waals surface area contributed by atoms with Crippen molar-refractivity contribution < 1.29 is 4.42 Å². The lowest BCUT2D eigenvalue weighted by atomic mass is 9.99. The van der Waals surface area contributed by atoms with Gasteiger partial charge < -0.3 is 20.0 Å². The highest BCUT2D eigenvalue weighted by Crippen LogP contribution is 2.24. The topological polar surface area (TPSA) is 56.0 Å². The van der Waals surface area contributed by atoms with E-state index in [1.54, 1.807) is 6.26 Å². The summed E-state index contributed by atoms with van der Waals surface area (Å²) in [6, 6.07) is 4.33. The van der Waals surface area contributed by atoms with Crippen molar-refractivity contribution in [3.05, 3.63) is 24.2 Å². The van der Waals surface area contributed by atoms with Gasteiger partial charge in [-0.05, 0) is 70.4 Å². The van der Waals surface area contributed by atoms with Crippen molar-refractivity contribution in [3.8, 4) is 0 Å². The van der Waals surface area contributed by atoms with Gasteiger partial charge in [0.05, 0.1) is 12.3 Å². The SMILES string of the molecule is CN=C(NCC1CCCN(C)C1)NCC(c1ccco1)N1CCCC1.I. The van der Waals surface area contributed by atoms with E-state index in [2.05, 4.69) is 38.5 Å². The fourth-order valence-corrected chi connectivity index (χ4v) is 4.04. The van der Waals surface area contributed by atoms with Crippen LogP contribution in [-0.2, 0) is 0 Å². The van der Waals surface area contributed by atoms with Crippen LogP contribution in [0, 0.1) is 5.92 Å². The minimum Gasteiger partial charge on any atom is -0.468 e. The monoisotopic (exact) mass is 475 g/mol. The van der Waals surface area contributed by atoms with Crippen molar-refractivity contribution >= 4 is 29.9 Å². The molecular weight excluding hydrogens is 441 g/mol. The summed E-state index contributed by atoms with van der Waals surface area (Å²) >= 11 is 0. The van der Waals surface area contributed by atoms with Crippen LogP contribution in [0.3, 0.4) is 0 Å². The molecular formula is C19H34IN5O. The number of nitrogens with zero attached hydrogens (tertiary/aromatic N) is 3. The molecule has 2 aliphatic heterocycles. The molecule has 3 heterocycles. The van der Waals surface area contributed by atoms with E-state index < -0.39 is 0 Å². The first-order chi connectivity index (χ1) is 12.3. The average Bonchev–Trinajstić information content (AvgIpc) is 3.32. The molecule has 0 radical (unpaired) electrons. The van der Waals surface area contributed by atoms with Gasteiger partial charge in [0.1, 0.15) is 5.76 Å². The second kappa shape index (κ2) is 11.1. The standard InChI is InChI=1S/C19H33N5O.HI/c1-20-19(21-13-16-7-5-9-23(2)15-16)22-14-17(18-8-6-12-25-18)24-10-3-4-11-24;/h6,8,12,16-17H,3-5,7,9-11,13-15H2,1-2H3,(H2,20,21,22);1H. The predicted octanol–water partition coefficient (Wildman–Crippen LogP) is 2.54. The second-order valence-electron chi connectivity index (χ2n) is 7.38. The summed E-state index contributed by atoms with van der Waals surface area (Å²) in [6.07, 6.45) is 6.92. The molecule has 6 nitrogen and oxygen atoms in total. The smallest absolute Gasteiger partial charge is 0.191 e. The largest absolute Gasteiger partial charge is 0.468 e. The summed E-state index contributed by atoms with van der Waals surface area (Å²) in [5, 5.41) is 7.02. The van der Waals surface area contributed by atoms with Crippen molar-refractivity contribution in [2.24, 2.45) is 10.9 Å². The average molecular weight is 475 g/mol. The van der Waals surface area contributed by atoms with Crippen molar-refractivity contribution in [1.29, 1.82) is 0 Å². The van der Waals surface area contributed by atoms with Crippen LogP contribution in [0.1, 0.15) is 37.5 Å². The van der Waals surface area contributed by atoms with Crippen LogP contribution in [0.4, 0.5) is 0 Å². The van der Waals surface area contributed by atoms with Gasteiger partial charge in [0.25, 0.3) is 0 Å². The van der Waals surface area contributed by atoms with Crippen LogP contribution in [0.2, 0.25) is 0 Å². The quantitative estimate of drug-likeness (QED) is 0.377. The normalized spacial score (nSPS) is 23.5. The molecule has 148 valence electrons. The summed E-state index contributed by atoms with van der Waals surface area (Å²) in [4.78, 5) is 9.34. The molecule has 1 aromatic heterocycles. The van der Waals surface area contributed by atoms with Crippen LogP contribution >= 0.6 is 24.0 Å². The molecule has 26 heavy (non-hydrogen) atoms. The van der Waals surface area contributed by atoms with E-state index >= 15 is 0 Å². The van der Waals surface area contributed by atoms with Crippen LogP contribution in [-0.4, -0.2) is 69.1 Å². The number of furan rings is 1. The molecule has 7 heteroatoms. The maximum Gasteiger partial charge on any atom is 0.191 e. The number of hydrogen-bond donors (Lipinski definition) is 2. The van der Waals surface area contributed by atoms with E-state index in [0.717, 1.165) is 37.9 Å². The number of guanidine groups is 1. The third-order valence-electron chi connectivity index (χ3n) is 5.42. The molecule has 2 N–H and O–H groups in total. The first-order valence-electron chi connectivity index (χ1n) is 9.67. The van der Waals surface area contributed by atoms with Gasteiger partial charge in [0, 0.05) is 26.7 Å². The molecule has 2 unspecified atom stereocenters. The molecule has 0 aromatic carbocycles. The first-order valence-corrected chi connectivity index (χ1v) is 9.67. The highest BCUT2D eigenvalue weighted by atomic mass is 127. The molecule has 2 saturated heterocycles. The molecule has 0 spiro atoms. The third kappa shape index (κ3) is 6.13. The minimum absolute atomic E-state index is 0. The Bertz CT molecular complexity index is 530. The molecule has 2 fully saturated rings. The molecule has 0 aliphatic carbocycles. The van der Waals surface area contributed by atoms with E-state index in [1.807, 2.05) is 13.1 Å². The van der Waals surface area contributed by atoms with E-state index in [1.165, 1.54) is 38.8 Å². The van der Waals surface area contributed by atoms with E-state index in [0.29, 0.717) is 5.92 Å². The fourth-order valence-electron chi connectivity index (χ4n) is 4.04. The van der Waals surface area contributed by atoms with Crippen molar-refractivity contribution in [3.63, 3.8) is 0 Å². The summed E-state index contributed by atoms with van der Waals surface area (Å²) < 4.78 is 5.69. The van der Waals surface area contributed by atoms with Crippen LogP contribution < -0.4 is 10.6 Å². The lowest BCUT2D eigenvalue weighted by Gasteiger charge is -2.30. The van der Waals surface area contributed by atoms with Gasteiger partial charge in [0.2, 0.25) is 0 Å². The molecule has 0 bridgehead atoms. The van der Waals surface area contributed by atoms with E-state index in [9.17, 15) is 0 Å². The van der Waals surface area contributed by atoms with Crippen molar-refractivity contribution in [1.82, 2.24) is 20.4 Å². The first kappa shape index (κ1) is 21.5. The molecule has 0 saturated carbocycles. The molecule has 2 atom stereocenters. The Morgan fingerprint density at radius 1 is 1.27 bits per heavy atom. The number of nitrogens with one attached hydrogen (secondary N) is 2. The van der Waals surface area contributed by atoms with Crippen molar-refractivity contribution in [2.75, 3.05) is 53.4 Å². The Morgan fingerprint density at radius 2 is 2.08 bits per heavy atom. The third-order valence-corrected chi connectivity index (χ3v) is 5.42. The van der Waals surface area contributed by atoms with Crippen molar-refractivity contribution in [2.45, 2.75) is 31.7 Å². The van der Waals surface area contributed by atoms with Gasteiger partial charge in [-0.15, -0.1) is 24.0 Å². The maximum atomic E-state index is 5.69. The number of rotatable bonds is 6. The highest BCUT2D eigenvalue weighted by molar-refractivity contribution is 14.0. The summed E-state index contributed by atoms with van der Waals surface area (Å²) in [6.45, 7) is 6.49. The fraction of sp³-hybridized carbons (Fsp3) is 0.737. The Balaban J connectivity index is 0.00000243. The number of likely N-dealkylation sites (tertiary alicyclic amines) is 2. The zero-order chi connectivity index (χ0) is 17.5. The number of aliphatic imine (C=N–C) groups is 1. The molecule has 2 aliphatic rings. The van der Waals surface area contributed by atoms with Gasteiger partial charge in [-0.3, -0.25) is 9.89 Å². The Kier molecular flexibility index (Phi) is 9.21. The number of halogens is 1. The van der Waals surface area contributed by atoms with Crippen LogP contribution in [0.15, 0.2) is 27.8 Å². The Hall–Kier alpha value is -0.800. The van der Waals surface area contributed by atoms with Gasteiger partial charge >= 0.3 is 0 Å². The van der Waals surface area contributed by atoms with Gasteiger partial charge in [0.15, 0.2) is 5.96 Å². The molecule has 1 aromatic rings. The van der Waals surface area contributed by atoms with Crippen LogP contribution in [0.25, 0.3) is 0 Å². The summed E-state index contributed by atoms with van der Waals surface area (Å²) in [5.41, 5.74) is 0. The lowest BCUT2D eigenvalue weighted by molar-refractivity contribution is 0.209. The van der Waals surface area contributed by atoms with Gasteiger partial charge in [-0.1, -0.05) is 0 Å². The zero-order valence-corrected chi connectivity index (χ0v) is 18.4. The van der Waals surface area contributed by atoms with Gasteiger partial charge in [-0.25, -0.2) is 0 Å². The maximum absolute atomic E-state index is 5.69. The number of piperidine rings is 1. The molecule has 3 rings (SSSR count). The zero-order valence-electron chi connectivity index (χ0n) is 16.1. The van der Waals surface area contributed by atoms with E-state index in [-0.39, 0.29) is 30.0 Å². The highest BCUT2D eigenvalue weighted by Gasteiger charge is 2.25. The Morgan fingerprint density at radius 3 is 2.73 bits per heavy atom. The van der Waals surface area contributed by atoms with Crippen LogP contribution in [0.5, 0.6) is 0 Å². The van der Waals surface area contributed by atoms with Gasteiger partial charge in [-0.2, -0.15) is 0 Å². The molecule has 0 amide bonds. The van der Waals surface area contributed by atoms with E-state index in [4.69, 9.17) is 4.42 Å². The summed E-state index contributed by atoms with van der Waals surface area (Å²) in [5.74, 6) is 2.64. The summed E-state index contributed by atoms with van der Waals surface area (Å²) in [7, 11) is 4.06. The minimum atomic E-state index is 0. The predicted molar refractivity (Wildman–Crippen MR) is 117 cm³/mol. The second-order valence-corrected chi connectivity index (χ2v) is 7.38. The number of hydrogen-bond acceptors (Lipinski definition) is 4. The lowest BCUT2D eigenvalue weighted by Crippen LogP contribution is -2.45.